The van der Waals surface area contributed by atoms with Crippen LogP contribution in [-0.4, -0.2) is 28.0 Å². The molecule has 6 nitrogen and oxygen atoms in total. The average Bonchev–Trinajstić information content (AvgIpc) is 2.77. The molecule has 1 amide bonds. The van der Waals surface area contributed by atoms with Crippen molar-refractivity contribution in [2.45, 2.75) is 18.4 Å². The molecule has 0 aliphatic heterocycles. The Morgan fingerprint density at radius 3 is 2.32 bits per heavy atom. The zero-order chi connectivity index (χ0) is 22.4. The highest BCUT2D eigenvalue weighted by atomic mass is 35.5. The molecular formula is C23H23ClN2O4S. The minimum absolute atomic E-state index is 0.0758. The number of nitrogens with zero attached hydrogens (tertiary/aromatic N) is 1. The lowest BCUT2D eigenvalue weighted by molar-refractivity contribution is 0.102. The maximum Gasteiger partial charge on any atom is 0.265 e. The second-order valence-electron chi connectivity index (χ2n) is 6.73. The van der Waals surface area contributed by atoms with Crippen molar-refractivity contribution >= 4 is 38.9 Å². The number of rotatable bonds is 8. The van der Waals surface area contributed by atoms with Crippen molar-refractivity contribution in [3.63, 3.8) is 0 Å². The van der Waals surface area contributed by atoms with Gasteiger partial charge in [0.25, 0.3) is 15.9 Å². The van der Waals surface area contributed by atoms with Crippen LogP contribution >= 0.6 is 11.6 Å². The maximum absolute atomic E-state index is 13.3. The Morgan fingerprint density at radius 2 is 1.71 bits per heavy atom. The van der Waals surface area contributed by atoms with Gasteiger partial charge in [-0.1, -0.05) is 41.9 Å². The van der Waals surface area contributed by atoms with Gasteiger partial charge in [-0.25, -0.2) is 8.42 Å². The summed E-state index contributed by atoms with van der Waals surface area (Å²) in [6, 6.07) is 20.2. The molecule has 162 valence electrons. The molecule has 0 unspecified atom stereocenters. The van der Waals surface area contributed by atoms with Crippen LogP contribution in [0.1, 0.15) is 22.8 Å². The number of sulfonamides is 1. The van der Waals surface area contributed by atoms with Crippen molar-refractivity contribution in [1.82, 2.24) is 0 Å². The monoisotopic (exact) mass is 458 g/mol. The number of methoxy groups -OCH3 is 1. The van der Waals surface area contributed by atoms with E-state index < -0.39 is 10.0 Å². The number of para-hydroxylation sites is 1. The lowest BCUT2D eigenvalue weighted by Crippen LogP contribution is -2.31. The van der Waals surface area contributed by atoms with Gasteiger partial charge in [-0.15, -0.1) is 0 Å². The Hall–Kier alpha value is -2.87. The van der Waals surface area contributed by atoms with Gasteiger partial charge < -0.3 is 10.1 Å². The summed E-state index contributed by atoms with van der Waals surface area (Å²) in [5.74, 6) is -0.356. The van der Waals surface area contributed by atoms with Crippen LogP contribution in [-0.2, 0) is 21.4 Å². The summed E-state index contributed by atoms with van der Waals surface area (Å²) in [5.41, 5.74) is 2.25. The fraction of sp³-hybridized carbons (Fsp3) is 0.174. The number of carbonyl (C=O) groups excluding carboxylic acids is 1. The third kappa shape index (κ3) is 5.25. The van der Waals surface area contributed by atoms with Gasteiger partial charge in [0.1, 0.15) is 4.90 Å². The van der Waals surface area contributed by atoms with E-state index in [0.29, 0.717) is 23.5 Å². The molecule has 0 bridgehead atoms. The summed E-state index contributed by atoms with van der Waals surface area (Å²) >= 11 is 6.24. The Balaban J connectivity index is 1.88. The predicted molar refractivity (Wildman–Crippen MR) is 123 cm³/mol. The Morgan fingerprint density at radius 1 is 1.03 bits per heavy atom. The smallest absolute Gasteiger partial charge is 0.265 e. The van der Waals surface area contributed by atoms with Crippen molar-refractivity contribution in [3.05, 3.63) is 88.9 Å². The molecule has 0 heterocycles. The number of hydrogen-bond acceptors (Lipinski definition) is 4. The van der Waals surface area contributed by atoms with Gasteiger partial charge in [-0.05, 0) is 55.0 Å². The summed E-state index contributed by atoms with van der Waals surface area (Å²) in [4.78, 5) is 12.5. The molecule has 0 atom stereocenters. The molecule has 3 aromatic rings. The highest BCUT2D eigenvalue weighted by Gasteiger charge is 2.26. The Kier molecular flexibility index (Phi) is 7.33. The van der Waals surface area contributed by atoms with Crippen molar-refractivity contribution in [2.75, 3.05) is 23.3 Å². The second kappa shape index (κ2) is 9.96. The van der Waals surface area contributed by atoms with Crippen LogP contribution in [0.4, 0.5) is 11.4 Å². The van der Waals surface area contributed by atoms with E-state index in [9.17, 15) is 13.2 Å². The van der Waals surface area contributed by atoms with Crippen LogP contribution in [0, 0.1) is 0 Å². The van der Waals surface area contributed by atoms with Gasteiger partial charge in [0.2, 0.25) is 0 Å². The molecule has 0 spiro atoms. The number of amides is 1. The molecule has 3 rings (SSSR count). The average molecular weight is 459 g/mol. The lowest BCUT2D eigenvalue weighted by atomic mass is 10.1. The number of anilines is 2. The number of halogens is 1. The molecule has 3 aromatic carbocycles. The van der Waals surface area contributed by atoms with Gasteiger partial charge in [0.15, 0.2) is 0 Å². The van der Waals surface area contributed by atoms with Crippen LogP contribution in [0.25, 0.3) is 0 Å². The van der Waals surface area contributed by atoms with Crippen molar-refractivity contribution in [3.8, 4) is 0 Å². The largest absolute Gasteiger partial charge is 0.380 e. The molecule has 0 fully saturated rings. The van der Waals surface area contributed by atoms with E-state index >= 15 is 0 Å². The van der Waals surface area contributed by atoms with E-state index in [2.05, 4.69) is 5.32 Å². The maximum atomic E-state index is 13.3. The summed E-state index contributed by atoms with van der Waals surface area (Å²) in [6.45, 7) is 2.43. The fourth-order valence-electron chi connectivity index (χ4n) is 3.11. The van der Waals surface area contributed by atoms with Crippen LogP contribution in [0.2, 0.25) is 5.02 Å². The zero-order valence-electron chi connectivity index (χ0n) is 17.2. The van der Waals surface area contributed by atoms with Gasteiger partial charge in [-0.2, -0.15) is 0 Å². The predicted octanol–water partition coefficient (Wildman–Crippen LogP) is 4.95. The van der Waals surface area contributed by atoms with Crippen LogP contribution in [0.3, 0.4) is 0 Å². The van der Waals surface area contributed by atoms with E-state index in [0.717, 1.165) is 5.56 Å². The van der Waals surface area contributed by atoms with Crippen LogP contribution in [0.5, 0.6) is 0 Å². The molecule has 8 heteroatoms. The first-order valence-corrected chi connectivity index (χ1v) is 11.4. The number of hydrogen-bond donors (Lipinski definition) is 1. The molecule has 0 saturated heterocycles. The third-order valence-electron chi connectivity index (χ3n) is 4.62. The van der Waals surface area contributed by atoms with Gasteiger partial charge in [0.05, 0.1) is 17.3 Å². The molecule has 0 saturated carbocycles. The highest BCUT2D eigenvalue weighted by molar-refractivity contribution is 7.93. The minimum atomic E-state index is -3.93. The zero-order valence-corrected chi connectivity index (χ0v) is 18.8. The van der Waals surface area contributed by atoms with E-state index in [1.807, 2.05) is 6.07 Å². The van der Waals surface area contributed by atoms with Gasteiger partial charge in [-0.3, -0.25) is 9.10 Å². The number of ether oxygens (including phenoxy) is 1. The summed E-state index contributed by atoms with van der Waals surface area (Å²) in [5, 5.41) is 2.81. The first kappa shape index (κ1) is 22.8. The van der Waals surface area contributed by atoms with E-state index in [4.69, 9.17) is 16.3 Å². The van der Waals surface area contributed by atoms with Crippen LogP contribution < -0.4 is 9.62 Å². The Labute approximate surface area is 187 Å². The van der Waals surface area contributed by atoms with Crippen molar-refractivity contribution in [1.29, 1.82) is 0 Å². The van der Waals surface area contributed by atoms with E-state index in [1.165, 1.54) is 16.4 Å². The molecule has 31 heavy (non-hydrogen) atoms. The summed E-state index contributed by atoms with van der Waals surface area (Å²) in [7, 11) is -2.33. The van der Waals surface area contributed by atoms with Crippen molar-refractivity contribution in [2.24, 2.45) is 0 Å². The topological polar surface area (TPSA) is 75.7 Å². The SMILES string of the molecule is CCN(c1ccccc1)S(=O)(=O)c1cc(NC(=O)c2ccc(COC)cc2)ccc1Cl. The third-order valence-corrected chi connectivity index (χ3v) is 7.00. The first-order valence-electron chi connectivity index (χ1n) is 9.63. The molecular weight excluding hydrogens is 436 g/mol. The lowest BCUT2D eigenvalue weighted by Gasteiger charge is -2.23. The Bertz CT molecular complexity index is 1150. The van der Waals surface area contributed by atoms with E-state index in [1.54, 1.807) is 68.6 Å². The molecule has 0 radical (unpaired) electrons. The van der Waals surface area contributed by atoms with Gasteiger partial charge in [0, 0.05) is 24.9 Å². The van der Waals surface area contributed by atoms with E-state index in [-0.39, 0.29) is 22.4 Å². The summed E-state index contributed by atoms with van der Waals surface area (Å²) in [6.07, 6.45) is 0. The number of carbonyl (C=O) groups is 1. The second-order valence-corrected chi connectivity index (χ2v) is 8.97. The quantitative estimate of drug-likeness (QED) is 0.518. The van der Waals surface area contributed by atoms with Gasteiger partial charge >= 0.3 is 0 Å². The molecule has 0 aromatic heterocycles. The highest BCUT2D eigenvalue weighted by Crippen LogP contribution is 2.30. The first-order chi connectivity index (χ1) is 14.9. The molecule has 1 N–H and O–H groups in total. The molecule has 0 aliphatic rings. The number of benzene rings is 3. The fourth-order valence-corrected chi connectivity index (χ4v) is 5.08. The standard InChI is InChI=1S/C23H23ClN2O4S/c1-3-26(20-7-5-4-6-8-20)31(28,29)22-15-19(13-14-21(22)24)25-23(27)18-11-9-17(10-12-18)16-30-2/h4-15H,3,16H2,1-2H3,(H,25,27). The number of nitrogens with one attached hydrogen (secondary N) is 1. The summed E-state index contributed by atoms with van der Waals surface area (Å²) < 4.78 is 33.0. The molecule has 0 aliphatic carbocycles. The normalized spacial score (nSPS) is 11.2. The minimum Gasteiger partial charge on any atom is -0.380 e. The van der Waals surface area contributed by atoms with Crippen LogP contribution in [0.15, 0.2) is 77.7 Å². The van der Waals surface area contributed by atoms with Crippen molar-refractivity contribution < 1.29 is 17.9 Å².